The van der Waals surface area contributed by atoms with Gasteiger partial charge >= 0.3 is 0 Å². The highest BCUT2D eigenvalue weighted by atomic mass is 79.9. The maximum absolute atomic E-state index is 5.89. The van der Waals surface area contributed by atoms with Crippen molar-refractivity contribution in [2.75, 3.05) is 31.1 Å². The zero-order chi connectivity index (χ0) is 13.8. The van der Waals surface area contributed by atoms with Crippen molar-refractivity contribution in [3.8, 4) is 0 Å². The van der Waals surface area contributed by atoms with Gasteiger partial charge in [-0.15, -0.1) is 11.6 Å². The van der Waals surface area contributed by atoms with E-state index in [0.29, 0.717) is 11.9 Å². The largest absolute Gasteiger partial charge is 0.369 e. The van der Waals surface area contributed by atoms with E-state index in [1.807, 2.05) is 0 Å². The van der Waals surface area contributed by atoms with E-state index >= 15 is 0 Å². The van der Waals surface area contributed by atoms with Crippen LogP contribution < -0.4 is 4.90 Å². The average molecular weight is 346 g/mol. The van der Waals surface area contributed by atoms with Crippen LogP contribution in [0.5, 0.6) is 0 Å². The predicted molar refractivity (Wildman–Crippen MR) is 87.2 cm³/mol. The van der Waals surface area contributed by atoms with E-state index in [2.05, 4.69) is 57.8 Å². The molecular weight excluding hydrogens is 324 g/mol. The van der Waals surface area contributed by atoms with E-state index in [1.54, 1.807) is 0 Å². The van der Waals surface area contributed by atoms with Crippen LogP contribution >= 0.6 is 27.5 Å². The lowest BCUT2D eigenvalue weighted by Gasteiger charge is -2.39. The Kier molecular flexibility index (Phi) is 5.55. The Bertz CT molecular complexity index is 417. The number of alkyl halides is 1. The Morgan fingerprint density at radius 2 is 1.95 bits per heavy atom. The van der Waals surface area contributed by atoms with Crippen molar-refractivity contribution in [3.05, 3.63) is 28.2 Å². The summed E-state index contributed by atoms with van der Waals surface area (Å²) in [6, 6.07) is 7.19. The quantitative estimate of drug-likeness (QED) is 0.758. The van der Waals surface area contributed by atoms with Crippen LogP contribution in [-0.2, 0) is 5.88 Å². The van der Waals surface area contributed by atoms with Crippen molar-refractivity contribution in [2.45, 2.75) is 32.2 Å². The molecule has 1 saturated heterocycles. The van der Waals surface area contributed by atoms with Gasteiger partial charge in [0.25, 0.3) is 0 Å². The third-order valence-electron chi connectivity index (χ3n) is 4.07. The zero-order valence-corrected chi connectivity index (χ0v) is 14.0. The Labute approximate surface area is 129 Å². The number of piperazine rings is 1. The second-order valence-corrected chi connectivity index (χ2v) is 6.31. The Balaban J connectivity index is 1.99. The van der Waals surface area contributed by atoms with Crippen LogP contribution in [0.25, 0.3) is 0 Å². The van der Waals surface area contributed by atoms with Gasteiger partial charge < -0.3 is 4.90 Å². The summed E-state index contributed by atoms with van der Waals surface area (Å²) in [6.07, 6.45) is 1.23. The first kappa shape index (κ1) is 15.1. The van der Waals surface area contributed by atoms with Crippen LogP contribution in [0.15, 0.2) is 22.7 Å². The molecule has 0 radical (unpaired) electrons. The number of anilines is 1. The third kappa shape index (κ3) is 3.65. The maximum atomic E-state index is 5.89. The highest BCUT2D eigenvalue weighted by Crippen LogP contribution is 2.26. The summed E-state index contributed by atoms with van der Waals surface area (Å²) in [5.74, 6) is 0.558. The molecule has 0 aromatic heterocycles. The number of rotatable bonds is 4. The third-order valence-corrected chi connectivity index (χ3v) is 5.10. The molecule has 1 atom stereocenters. The van der Waals surface area contributed by atoms with Crippen LogP contribution in [0, 0.1) is 0 Å². The predicted octanol–water partition coefficient (Wildman–Crippen LogP) is 4.11. The first-order valence-corrected chi connectivity index (χ1v) is 8.31. The van der Waals surface area contributed by atoms with Gasteiger partial charge in [0.05, 0.1) is 0 Å². The highest BCUT2D eigenvalue weighted by Gasteiger charge is 2.20. The molecule has 4 heteroatoms. The fourth-order valence-electron chi connectivity index (χ4n) is 2.52. The highest BCUT2D eigenvalue weighted by molar-refractivity contribution is 9.10. The molecule has 0 saturated carbocycles. The molecule has 0 N–H and O–H groups in total. The van der Waals surface area contributed by atoms with E-state index in [4.69, 9.17) is 11.6 Å². The molecule has 1 heterocycles. The van der Waals surface area contributed by atoms with E-state index in [1.165, 1.54) is 12.1 Å². The molecular formula is C15H22BrClN2. The maximum Gasteiger partial charge on any atom is 0.0485 e. The zero-order valence-electron chi connectivity index (χ0n) is 11.7. The lowest BCUT2D eigenvalue weighted by Crippen LogP contribution is -2.49. The molecule has 1 aliphatic rings. The van der Waals surface area contributed by atoms with Crippen LogP contribution in [0.1, 0.15) is 25.8 Å². The van der Waals surface area contributed by atoms with Crippen molar-refractivity contribution in [2.24, 2.45) is 0 Å². The second-order valence-electron chi connectivity index (χ2n) is 5.19. The number of benzene rings is 1. The van der Waals surface area contributed by atoms with Gasteiger partial charge in [-0.25, -0.2) is 0 Å². The summed E-state index contributed by atoms with van der Waals surface area (Å²) in [4.78, 5) is 5.04. The second kappa shape index (κ2) is 6.96. The van der Waals surface area contributed by atoms with E-state index in [-0.39, 0.29) is 0 Å². The normalized spacial score (nSPS) is 18.6. The lowest BCUT2D eigenvalue weighted by atomic mass is 10.1. The van der Waals surface area contributed by atoms with Gasteiger partial charge in [-0.1, -0.05) is 28.9 Å². The molecule has 2 nitrogen and oxygen atoms in total. The van der Waals surface area contributed by atoms with Gasteiger partial charge in [-0.2, -0.15) is 0 Å². The monoisotopic (exact) mass is 344 g/mol. The van der Waals surface area contributed by atoms with Crippen molar-refractivity contribution in [1.29, 1.82) is 0 Å². The van der Waals surface area contributed by atoms with E-state index < -0.39 is 0 Å². The standard InChI is InChI=1S/C15H22BrClN2/c1-3-12(2)18-6-8-19(9-7-18)14-5-4-13(11-17)15(16)10-14/h4-5,10,12H,3,6-9,11H2,1-2H3. The van der Waals surface area contributed by atoms with Gasteiger partial charge in [-0.3, -0.25) is 4.90 Å². The van der Waals surface area contributed by atoms with Crippen molar-refractivity contribution >= 4 is 33.2 Å². The minimum absolute atomic E-state index is 0.558. The molecule has 19 heavy (non-hydrogen) atoms. The molecule has 1 aromatic rings. The minimum Gasteiger partial charge on any atom is -0.369 e. The average Bonchev–Trinajstić information content (AvgIpc) is 2.46. The fourth-order valence-corrected chi connectivity index (χ4v) is 3.42. The first-order chi connectivity index (χ1) is 9.15. The molecule has 1 fully saturated rings. The fraction of sp³-hybridized carbons (Fsp3) is 0.600. The molecule has 0 spiro atoms. The van der Waals surface area contributed by atoms with Crippen LogP contribution in [-0.4, -0.2) is 37.1 Å². The summed E-state index contributed by atoms with van der Waals surface area (Å²) in [7, 11) is 0. The van der Waals surface area contributed by atoms with Crippen LogP contribution in [0.4, 0.5) is 5.69 Å². The molecule has 106 valence electrons. The molecule has 1 unspecified atom stereocenters. The van der Waals surface area contributed by atoms with Crippen molar-refractivity contribution in [1.82, 2.24) is 4.90 Å². The van der Waals surface area contributed by atoms with Crippen molar-refractivity contribution < 1.29 is 0 Å². The molecule has 0 bridgehead atoms. The van der Waals surface area contributed by atoms with Crippen LogP contribution in [0.2, 0.25) is 0 Å². The minimum atomic E-state index is 0.558. The smallest absolute Gasteiger partial charge is 0.0485 e. The van der Waals surface area contributed by atoms with Gasteiger partial charge in [0.2, 0.25) is 0 Å². The molecule has 2 rings (SSSR count). The lowest BCUT2D eigenvalue weighted by molar-refractivity contribution is 0.193. The number of hydrogen-bond acceptors (Lipinski definition) is 2. The van der Waals surface area contributed by atoms with Gasteiger partial charge in [0.15, 0.2) is 0 Å². The van der Waals surface area contributed by atoms with E-state index in [9.17, 15) is 0 Å². The summed E-state index contributed by atoms with van der Waals surface area (Å²) < 4.78 is 1.12. The number of halogens is 2. The summed E-state index contributed by atoms with van der Waals surface area (Å²) in [6.45, 7) is 9.11. The summed E-state index contributed by atoms with van der Waals surface area (Å²) >= 11 is 9.49. The Hall–Kier alpha value is -0.250. The Morgan fingerprint density at radius 3 is 2.47 bits per heavy atom. The summed E-state index contributed by atoms with van der Waals surface area (Å²) in [5.41, 5.74) is 2.45. The number of nitrogens with zero attached hydrogens (tertiary/aromatic N) is 2. The molecule has 0 aliphatic carbocycles. The number of hydrogen-bond donors (Lipinski definition) is 0. The molecule has 1 aliphatic heterocycles. The summed E-state index contributed by atoms with van der Waals surface area (Å²) in [5, 5.41) is 0. The Morgan fingerprint density at radius 1 is 1.26 bits per heavy atom. The van der Waals surface area contributed by atoms with Crippen molar-refractivity contribution in [3.63, 3.8) is 0 Å². The topological polar surface area (TPSA) is 6.48 Å². The van der Waals surface area contributed by atoms with Gasteiger partial charge in [-0.05, 0) is 31.0 Å². The van der Waals surface area contributed by atoms with E-state index in [0.717, 1.165) is 36.2 Å². The molecule has 0 amide bonds. The SMILES string of the molecule is CCC(C)N1CCN(c2ccc(CCl)c(Br)c2)CC1. The van der Waals surface area contributed by atoms with Gasteiger partial charge in [0, 0.05) is 48.3 Å². The molecule has 1 aromatic carbocycles. The van der Waals surface area contributed by atoms with Crippen LogP contribution in [0.3, 0.4) is 0 Å². The first-order valence-electron chi connectivity index (χ1n) is 6.99. The van der Waals surface area contributed by atoms with Gasteiger partial charge in [0.1, 0.15) is 0 Å².